The third-order valence-corrected chi connectivity index (χ3v) is 3.84. The molecular weight excluding hydrogens is 280 g/mol. The molecule has 0 saturated carbocycles. The highest BCUT2D eigenvalue weighted by molar-refractivity contribution is 5.96. The number of halogens is 2. The molecule has 0 N–H and O–H groups in total. The molecule has 1 aliphatic rings. The third kappa shape index (κ3) is 3.28. The number of nitrogens with zero attached hydrogens (tertiary/aromatic N) is 3. The van der Waals surface area contributed by atoms with Crippen molar-refractivity contribution in [3.05, 3.63) is 16.8 Å². The summed E-state index contributed by atoms with van der Waals surface area (Å²) in [7, 11) is 1.29. The number of aromatic nitrogens is 2. The summed E-state index contributed by atoms with van der Waals surface area (Å²) < 4.78 is 31.7. The Labute approximate surface area is 122 Å². The van der Waals surface area contributed by atoms with Crippen LogP contribution in [0.25, 0.3) is 0 Å². The van der Waals surface area contributed by atoms with Gasteiger partial charge in [0.2, 0.25) is 5.92 Å². The number of ether oxygens (including phenoxy) is 1. The molecule has 0 amide bonds. The number of esters is 1. The van der Waals surface area contributed by atoms with Crippen molar-refractivity contribution in [2.24, 2.45) is 0 Å². The Morgan fingerprint density at radius 1 is 1.24 bits per heavy atom. The zero-order chi connectivity index (χ0) is 15.6. The molecule has 5 nitrogen and oxygen atoms in total. The van der Waals surface area contributed by atoms with Crippen LogP contribution in [0, 0.1) is 13.8 Å². The number of carbonyl (C=O) groups is 1. The van der Waals surface area contributed by atoms with Crippen LogP contribution < -0.4 is 4.90 Å². The van der Waals surface area contributed by atoms with E-state index in [0.29, 0.717) is 35.6 Å². The molecular formula is C14H19F2N3O2. The number of anilines is 1. The van der Waals surface area contributed by atoms with Crippen LogP contribution >= 0.6 is 0 Å². The van der Waals surface area contributed by atoms with E-state index in [4.69, 9.17) is 4.74 Å². The molecule has 2 rings (SSSR count). The minimum absolute atomic E-state index is 0.144. The second kappa shape index (κ2) is 5.91. The molecule has 0 bridgehead atoms. The Balaban J connectivity index is 2.39. The van der Waals surface area contributed by atoms with Crippen molar-refractivity contribution >= 4 is 11.8 Å². The van der Waals surface area contributed by atoms with Crippen LogP contribution in [-0.4, -0.2) is 42.3 Å². The third-order valence-electron chi connectivity index (χ3n) is 3.84. The first-order valence-electron chi connectivity index (χ1n) is 6.90. The lowest BCUT2D eigenvalue weighted by Crippen LogP contribution is -2.29. The van der Waals surface area contributed by atoms with Crippen LogP contribution in [0.4, 0.5) is 14.6 Å². The van der Waals surface area contributed by atoms with Gasteiger partial charge in [0, 0.05) is 25.9 Å². The van der Waals surface area contributed by atoms with E-state index in [1.807, 2.05) is 0 Å². The molecule has 0 radical (unpaired) electrons. The van der Waals surface area contributed by atoms with Crippen molar-refractivity contribution in [2.45, 2.75) is 39.0 Å². The fourth-order valence-corrected chi connectivity index (χ4v) is 2.44. The van der Waals surface area contributed by atoms with E-state index in [2.05, 4.69) is 10.2 Å². The summed E-state index contributed by atoms with van der Waals surface area (Å²) in [6.45, 7) is 4.08. The smallest absolute Gasteiger partial charge is 0.342 e. The maximum absolute atomic E-state index is 13.5. The molecule has 2 heterocycles. The van der Waals surface area contributed by atoms with Gasteiger partial charge in [-0.05, 0) is 25.8 Å². The number of hydrogen-bond donors (Lipinski definition) is 0. The van der Waals surface area contributed by atoms with Crippen LogP contribution in [0.1, 0.15) is 40.9 Å². The number of methoxy groups -OCH3 is 1. The monoisotopic (exact) mass is 299 g/mol. The van der Waals surface area contributed by atoms with Gasteiger partial charge < -0.3 is 9.64 Å². The zero-order valence-electron chi connectivity index (χ0n) is 12.4. The van der Waals surface area contributed by atoms with Crippen LogP contribution in [0.5, 0.6) is 0 Å². The van der Waals surface area contributed by atoms with Gasteiger partial charge in [-0.25, -0.2) is 13.6 Å². The standard InChI is InChI=1S/C14H19F2N3O2/c1-9-10(2)17-18-12(11(9)13(20)21-3)19-7-4-5-14(15,16)6-8-19/h4-8H2,1-3H3. The number of aryl methyl sites for hydroxylation is 1. The lowest BCUT2D eigenvalue weighted by molar-refractivity contribution is -0.0102. The summed E-state index contributed by atoms with van der Waals surface area (Å²) in [5.41, 5.74) is 1.61. The van der Waals surface area contributed by atoms with Gasteiger partial charge in [-0.15, -0.1) is 5.10 Å². The molecule has 116 valence electrons. The van der Waals surface area contributed by atoms with Gasteiger partial charge in [0.1, 0.15) is 5.56 Å². The summed E-state index contributed by atoms with van der Waals surface area (Å²) in [4.78, 5) is 13.7. The van der Waals surface area contributed by atoms with Crippen molar-refractivity contribution in [1.29, 1.82) is 0 Å². The van der Waals surface area contributed by atoms with Crippen LogP contribution in [0.15, 0.2) is 0 Å². The summed E-state index contributed by atoms with van der Waals surface area (Å²) in [6, 6.07) is 0. The summed E-state index contributed by atoms with van der Waals surface area (Å²) in [6.07, 6.45) is -0.0419. The van der Waals surface area contributed by atoms with Gasteiger partial charge in [0.15, 0.2) is 5.82 Å². The predicted molar refractivity (Wildman–Crippen MR) is 73.9 cm³/mol. The molecule has 1 saturated heterocycles. The number of rotatable bonds is 2. The van der Waals surface area contributed by atoms with Crippen LogP contribution in [0.3, 0.4) is 0 Å². The van der Waals surface area contributed by atoms with Gasteiger partial charge in [0.05, 0.1) is 12.8 Å². The van der Waals surface area contributed by atoms with Crippen molar-refractivity contribution < 1.29 is 18.3 Å². The van der Waals surface area contributed by atoms with Gasteiger partial charge >= 0.3 is 5.97 Å². The molecule has 0 aliphatic carbocycles. The maximum Gasteiger partial charge on any atom is 0.342 e. The summed E-state index contributed by atoms with van der Waals surface area (Å²) in [5, 5.41) is 8.06. The first-order chi connectivity index (χ1) is 9.85. The fourth-order valence-electron chi connectivity index (χ4n) is 2.44. The van der Waals surface area contributed by atoms with Gasteiger partial charge in [-0.2, -0.15) is 5.10 Å². The highest BCUT2D eigenvalue weighted by atomic mass is 19.3. The topological polar surface area (TPSA) is 55.3 Å². The molecule has 1 fully saturated rings. The largest absolute Gasteiger partial charge is 0.465 e. The van der Waals surface area contributed by atoms with E-state index < -0.39 is 11.9 Å². The first-order valence-corrected chi connectivity index (χ1v) is 6.90. The van der Waals surface area contributed by atoms with Crippen LogP contribution in [-0.2, 0) is 4.74 Å². The number of hydrogen-bond acceptors (Lipinski definition) is 5. The molecule has 0 spiro atoms. The Morgan fingerprint density at radius 2 is 1.95 bits per heavy atom. The highest BCUT2D eigenvalue weighted by Gasteiger charge is 2.33. The summed E-state index contributed by atoms with van der Waals surface area (Å²) in [5.74, 6) is -2.84. The molecule has 0 atom stereocenters. The summed E-state index contributed by atoms with van der Waals surface area (Å²) >= 11 is 0. The van der Waals surface area contributed by atoms with Crippen molar-refractivity contribution in [3.63, 3.8) is 0 Å². The first kappa shape index (κ1) is 15.6. The van der Waals surface area contributed by atoms with Crippen molar-refractivity contribution in [3.8, 4) is 0 Å². The lowest BCUT2D eigenvalue weighted by Gasteiger charge is -2.24. The Hall–Kier alpha value is -1.79. The van der Waals surface area contributed by atoms with E-state index in [1.165, 1.54) is 7.11 Å². The predicted octanol–water partition coefficient (Wildman–Crippen LogP) is 2.51. The molecule has 1 aromatic heterocycles. The van der Waals surface area contributed by atoms with E-state index in [0.717, 1.165) is 0 Å². The van der Waals surface area contributed by atoms with E-state index >= 15 is 0 Å². The zero-order valence-corrected chi connectivity index (χ0v) is 12.4. The Kier molecular flexibility index (Phi) is 4.39. The second-order valence-electron chi connectivity index (χ2n) is 5.30. The van der Waals surface area contributed by atoms with Crippen LogP contribution in [0.2, 0.25) is 0 Å². The molecule has 21 heavy (non-hydrogen) atoms. The average molecular weight is 299 g/mol. The SMILES string of the molecule is COC(=O)c1c(N2CCCC(F)(F)CC2)nnc(C)c1C. The quantitative estimate of drug-likeness (QED) is 0.785. The van der Waals surface area contributed by atoms with E-state index in [1.54, 1.807) is 18.7 Å². The number of carbonyl (C=O) groups excluding carboxylic acids is 1. The molecule has 1 aliphatic heterocycles. The molecule has 0 unspecified atom stereocenters. The maximum atomic E-state index is 13.5. The minimum Gasteiger partial charge on any atom is -0.465 e. The lowest BCUT2D eigenvalue weighted by atomic mass is 10.1. The van der Waals surface area contributed by atoms with Gasteiger partial charge in [-0.3, -0.25) is 0 Å². The van der Waals surface area contributed by atoms with Crippen molar-refractivity contribution in [2.75, 3.05) is 25.1 Å². The van der Waals surface area contributed by atoms with E-state index in [-0.39, 0.29) is 19.4 Å². The number of alkyl halides is 2. The second-order valence-corrected chi connectivity index (χ2v) is 5.30. The van der Waals surface area contributed by atoms with Crippen molar-refractivity contribution in [1.82, 2.24) is 10.2 Å². The minimum atomic E-state index is -2.66. The highest BCUT2D eigenvalue weighted by Crippen LogP contribution is 2.31. The molecule has 1 aromatic rings. The molecule has 0 aromatic carbocycles. The normalized spacial score (nSPS) is 18.2. The molecule has 7 heteroatoms. The average Bonchev–Trinajstić information content (AvgIpc) is 2.62. The van der Waals surface area contributed by atoms with E-state index in [9.17, 15) is 13.6 Å². The Morgan fingerprint density at radius 3 is 2.62 bits per heavy atom. The van der Waals surface area contributed by atoms with Gasteiger partial charge in [-0.1, -0.05) is 0 Å². The Bertz CT molecular complexity index is 549. The fraction of sp³-hybridized carbons (Fsp3) is 0.643. The van der Waals surface area contributed by atoms with Gasteiger partial charge in [0.25, 0.3) is 0 Å².